The van der Waals surface area contributed by atoms with Crippen molar-refractivity contribution in [2.45, 2.75) is 0 Å². The number of rotatable bonds is 7. The number of amides is 2. The van der Waals surface area contributed by atoms with Gasteiger partial charge in [-0.25, -0.2) is 9.59 Å². The molecule has 2 amide bonds. The third-order valence-corrected chi connectivity index (χ3v) is 5.09. The standard InChI is InChI=1S/C22H28N4O4/c1-29-20-9-7-19(8-10-20)26-15-13-25(14-16-26)12-11-23-22(28)24-18-5-3-17(4-6-18)21(27)30-2/h3-10H,11-16H2,1-2H3,(H2,23,24,28). The van der Waals surface area contributed by atoms with Crippen molar-refractivity contribution in [3.05, 3.63) is 54.1 Å². The van der Waals surface area contributed by atoms with Crippen LogP contribution in [0.3, 0.4) is 0 Å². The summed E-state index contributed by atoms with van der Waals surface area (Å²) in [5.74, 6) is 0.458. The zero-order valence-electron chi connectivity index (χ0n) is 17.4. The van der Waals surface area contributed by atoms with Crippen LogP contribution in [0.5, 0.6) is 5.75 Å². The summed E-state index contributed by atoms with van der Waals surface area (Å²) in [6.07, 6.45) is 0. The molecule has 0 bridgehead atoms. The lowest BCUT2D eigenvalue weighted by Crippen LogP contribution is -2.48. The summed E-state index contributed by atoms with van der Waals surface area (Å²) in [5.41, 5.74) is 2.26. The second-order valence-electron chi connectivity index (χ2n) is 6.98. The van der Waals surface area contributed by atoms with E-state index < -0.39 is 5.97 Å². The van der Waals surface area contributed by atoms with Crippen LogP contribution in [0.1, 0.15) is 10.4 Å². The van der Waals surface area contributed by atoms with Crippen molar-refractivity contribution < 1.29 is 19.1 Å². The summed E-state index contributed by atoms with van der Waals surface area (Å²) in [5, 5.41) is 5.63. The van der Waals surface area contributed by atoms with Crippen LogP contribution in [0.15, 0.2) is 48.5 Å². The molecule has 3 rings (SSSR count). The second-order valence-corrected chi connectivity index (χ2v) is 6.98. The summed E-state index contributed by atoms with van der Waals surface area (Å²) in [6, 6.07) is 14.4. The number of benzene rings is 2. The number of carbonyl (C=O) groups excluding carboxylic acids is 2. The highest BCUT2D eigenvalue weighted by molar-refractivity contribution is 5.92. The Hall–Kier alpha value is -3.26. The number of esters is 1. The quantitative estimate of drug-likeness (QED) is 0.680. The number of carbonyl (C=O) groups is 2. The van der Waals surface area contributed by atoms with Gasteiger partial charge in [-0.05, 0) is 48.5 Å². The third-order valence-electron chi connectivity index (χ3n) is 5.09. The molecule has 0 aliphatic carbocycles. The SMILES string of the molecule is COC(=O)c1ccc(NC(=O)NCCN2CCN(c3ccc(OC)cc3)CC2)cc1. The molecule has 30 heavy (non-hydrogen) atoms. The Bertz CT molecular complexity index is 831. The van der Waals surface area contributed by atoms with E-state index in [0.29, 0.717) is 17.8 Å². The smallest absolute Gasteiger partial charge is 0.337 e. The predicted molar refractivity (Wildman–Crippen MR) is 116 cm³/mol. The van der Waals surface area contributed by atoms with E-state index in [1.54, 1.807) is 31.4 Å². The molecule has 2 aromatic rings. The number of piperazine rings is 1. The van der Waals surface area contributed by atoms with Crippen molar-refractivity contribution in [1.82, 2.24) is 10.2 Å². The van der Waals surface area contributed by atoms with Crippen LogP contribution in [-0.2, 0) is 4.74 Å². The monoisotopic (exact) mass is 412 g/mol. The average Bonchev–Trinajstić information content (AvgIpc) is 2.79. The van der Waals surface area contributed by atoms with Crippen LogP contribution in [-0.4, -0.2) is 70.4 Å². The number of hydrogen-bond acceptors (Lipinski definition) is 6. The molecule has 1 saturated heterocycles. The highest BCUT2D eigenvalue weighted by Gasteiger charge is 2.17. The fourth-order valence-corrected chi connectivity index (χ4v) is 3.33. The fourth-order valence-electron chi connectivity index (χ4n) is 3.33. The minimum absolute atomic E-state index is 0.266. The number of urea groups is 1. The summed E-state index contributed by atoms with van der Waals surface area (Å²) >= 11 is 0. The third kappa shape index (κ3) is 5.87. The van der Waals surface area contributed by atoms with Crippen molar-refractivity contribution in [2.75, 3.05) is 63.7 Å². The number of hydrogen-bond donors (Lipinski definition) is 2. The Balaban J connectivity index is 1.35. The molecule has 1 aliphatic heterocycles. The molecule has 8 heteroatoms. The lowest BCUT2D eigenvalue weighted by atomic mass is 10.2. The van der Waals surface area contributed by atoms with Gasteiger partial charge in [0.05, 0.1) is 19.8 Å². The first kappa shape index (κ1) is 21.4. The number of ether oxygens (including phenoxy) is 2. The first-order valence-electron chi connectivity index (χ1n) is 9.93. The van der Waals surface area contributed by atoms with Gasteiger partial charge in [0.2, 0.25) is 0 Å². The average molecular weight is 412 g/mol. The molecule has 1 heterocycles. The van der Waals surface area contributed by atoms with Crippen molar-refractivity contribution in [3.8, 4) is 5.75 Å². The number of nitrogens with one attached hydrogen (secondary N) is 2. The van der Waals surface area contributed by atoms with Crippen molar-refractivity contribution >= 4 is 23.4 Å². The molecule has 160 valence electrons. The summed E-state index contributed by atoms with van der Waals surface area (Å²) in [4.78, 5) is 28.2. The molecule has 1 fully saturated rings. The molecule has 2 N–H and O–H groups in total. The van der Waals surface area contributed by atoms with Gasteiger partial charge in [-0.15, -0.1) is 0 Å². The van der Waals surface area contributed by atoms with E-state index in [-0.39, 0.29) is 6.03 Å². The van der Waals surface area contributed by atoms with E-state index in [0.717, 1.165) is 38.5 Å². The van der Waals surface area contributed by atoms with Gasteiger partial charge in [0, 0.05) is 50.6 Å². The maximum Gasteiger partial charge on any atom is 0.337 e. The first-order valence-corrected chi connectivity index (χ1v) is 9.93. The van der Waals surface area contributed by atoms with Crippen LogP contribution < -0.4 is 20.3 Å². The fraction of sp³-hybridized carbons (Fsp3) is 0.364. The predicted octanol–water partition coefficient (Wildman–Crippen LogP) is 2.43. The molecule has 1 aliphatic rings. The van der Waals surface area contributed by atoms with Gasteiger partial charge in [0.25, 0.3) is 0 Å². The van der Waals surface area contributed by atoms with Gasteiger partial charge in [-0.1, -0.05) is 0 Å². The minimum Gasteiger partial charge on any atom is -0.497 e. The number of anilines is 2. The Morgan fingerprint density at radius 3 is 2.20 bits per heavy atom. The molecule has 0 radical (unpaired) electrons. The van der Waals surface area contributed by atoms with Gasteiger partial charge >= 0.3 is 12.0 Å². The lowest BCUT2D eigenvalue weighted by molar-refractivity contribution is 0.0600. The minimum atomic E-state index is -0.405. The van der Waals surface area contributed by atoms with Crippen LogP contribution in [0.25, 0.3) is 0 Å². The molecule has 0 aromatic heterocycles. The van der Waals surface area contributed by atoms with Gasteiger partial charge in [-0.2, -0.15) is 0 Å². The number of nitrogens with zero attached hydrogens (tertiary/aromatic N) is 2. The summed E-state index contributed by atoms with van der Waals surface area (Å²) in [6.45, 7) is 5.16. The molecular weight excluding hydrogens is 384 g/mol. The molecule has 8 nitrogen and oxygen atoms in total. The Morgan fingerprint density at radius 1 is 0.933 bits per heavy atom. The molecule has 0 spiro atoms. The van der Waals surface area contributed by atoms with Crippen LogP contribution in [0, 0.1) is 0 Å². The van der Waals surface area contributed by atoms with Crippen molar-refractivity contribution in [2.24, 2.45) is 0 Å². The van der Waals surface area contributed by atoms with Gasteiger partial charge in [0.1, 0.15) is 5.75 Å². The topological polar surface area (TPSA) is 83.1 Å². The van der Waals surface area contributed by atoms with Crippen LogP contribution in [0.2, 0.25) is 0 Å². The Morgan fingerprint density at radius 2 is 1.60 bits per heavy atom. The largest absolute Gasteiger partial charge is 0.497 e. The highest BCUT2D eigenvalue weighted by Crippen LogP contribution is 2.20. The van der Waals surface area contributed by atoms with E-state index in [2.05, 4.69) is 37.3 Å². The lowest BCUT2D eigenvalue weighted by Gasteiger charge is -2.36. The molecular formula is C22H28N4O4. The van der Waals surface area contributed by atoms with E-state index in [9.17, 15) is 9.59 Å². The molecule has 0 saturated carbocycles. The first-order chi connectivity index (χ1) is 14.6. The zero-order valence-corrected chi connectivity index (χ0v) is 17.4. The van der Waals surface area contributed by atoms with Crippen molar-refractivity contribution in [1.29, 1.82) is 0 Å². The summed E-state index contributed by atoms with van der Waals surface area (Å²) in [7, 11) is 3.00. The van der Waals surface area contributed by atoms with E-state index in [1.807, 2.05) is 12.1 Å². The number of methoxy groups -OCH3 is 2. The maximum absolute atomic E-state index is 12.1. The Labute approximate surface area is 176 Å². The normalized spacial score (nSPS) is 14.1. The maximum atomic E-state index is 12.1. The van der Waals surface area contributed by atoms with Crippen LogP contribution in [0.4, 0.5) is 16.2 Å². The van der Waals surface area contributed by atoms with Gasteiger partial charge < -0.3 is 25.0 Å². The molecule has 0 atom stereocenters. The van der Waals surface area contributed by atoms with E-state index >= 15 is 0 Å². The second kappa shape index (κ2) is 10.5. The molecule has 2 aromatic carbocycles. The zero-order chi connectivity index (χ0) is 21.3. The van der Waals surface area contributed by atoms with Gasteiger partial charge in [-0.3, -0.25) is 4.90 Å². The van der Waals surface area contributed by atoms with E-state index in [4.69, 9.17) is 4.74 Å². The highest BCUT2D eigenvalue weighted by atomic mass is 16.5. The van der Waals surface area contributed by atoms with Crippen LogP contribution >= 0.6 is 0 Å². The van der Waals surface area contributed by atoms with Gasteiger partial charge in [0.15, 0.2) is 0 Å². The molecule has 0 unspecified atom stereocenters. The van der Waals surface area contributed by atoms with E-state index in [1.165, 1.54) is 12.8 Å². The Kier molecular flexibility index (Phi) is 7.51. The van der Waals surface area contributed by atoms with Crippen molar-refractivity contribution in [3.63, 3.8) is 0 Å². The summed E-state index contributed by atoms with van der Waals surface area (Å²) < 4.78 is 9.87.